The van der Waals surface area contributed by atoms with Gasteiger partial charge in [0.05, 0.1) is 0 Å². The number of halogens is 2. The SMILES string of the molecule is C.C.C.C.Cc1ccc(C(=O)c2ccc(Sc3ccc(-c4ccc(C)c(C(=O)c5ccc(Oc6ccc(Oc7ccccc7)cc6)cc5)c4)cc3)cc2)cc1.O=C(c1ccc(Cl)cc1)c1ccc(Sc2ccc(Cl)cc2)cc1. The van der Waals surface area contributed by atoms with Crippen LogP contribution in [0.2, 0.25) is 10.0 Å². The van der Waals surface area contributed by atoms with E-state index in [1.165, 1.54) is 0 Å². The molecule has 9 heteroatoms. The third-order valence-electron chi connectivity index (χ3n) is 11.8. The predicted octanol–water partition coefficient (Wildman–Crippen LogP) is 21.1. The third-order valence-corrected chi connectivity index (χ3v) is 14.3. The van der Waals surface area contributed by atoms with E-state index < -0.39 is 0 Å². The van der Waals surface area contributed by atoms with Gasteiger partial charge in [-0.05, 0) is 206 Å². The van der Waals surface area contributed by atoms with Crippen molar-refractivity contribution in [2.45, 2.75) is 63.1 Å². The number of hydrogen-bond donors (Lipinski definition) is 0. The van der Waals surface area contributed by atoms with Crippen LogP contribution in [0.15, 0.2) is 262 Å². The van der Waals surface area contributed by atoms with Gasteiger partial charge in [-0.1, -0.05) is 149 Å². The molecule has 0 radical (unpaired) electrons. The largest absolute Gasteiger partial charge is 0.457 e. The molecule has 0 unspecified atom stereocenters. The van der Waals surface area contributed by atoms with Gasteiger partial charge in [-0.25, -0.2) is 0 Å². The van der Waals surface area contributed by atoms with Gasteiger partial charge in [0.2, 0.25) is 0 Å². The maximum Gasteiger partial charge on any atom is 0.193 e. The smallest absolute Gasteiger partial charge is 0.193 e. The average Bonchev–Trinajstić information content (AvgIpc) is 3.45. The summed E-state index contributed by atoms with van der Waals surface area (Å²) in [6, 6.07) is 76.1. The summed E-state index contributed by atoms with van der Waals surface area (Å²) in [6.45, 7) is 3.97. The minimum absolute atomic E-state index is 0. The quantitative estimate of drug-likeness (QED) is 0.0947. The van der Waals surface area contributed by atoms with Crippen LogP contribution in [0.5, 0.6) is 23.0 Å². The Labute approximate surface area is 479 Å². The van der Waals surface area contributed by atoms with E-state index in [9.17, 15) is 14.4 Å². The number of ketones is 3. The first-order valence-corrected chi connectivity index (χ1v) is 26.0. The maximum absolute atomic E-state index is 13.6. The summed E-state index contributed by atoms with van der Waals surface area (Å²) < 4.78 is 11.9. The summed E-state index contributed by atoms with van der Waals surface area (Å²) in [4.78, 5) is 43.2. The summed E-state index contributed by atoms with van der Waals surface area (Å²) in [5.41, 5.74) is 7.94. The Hall–Kier alpha value is -7.91. The second-order valence-corrected chi connectivity index (χ2v) is 20.3. The highest BCUT2D eigenvalue weighted by atomic mass is 35.5. The molecule has 10 rings (SSSR count). The minimum Gasteiger partial charge on any atom is -0.457 e. The lowest BCUT2D eigenvalue weighted by molar-refractivity contribution is 0.103. The normalized spacial score (nSPS) is 10.2. The Kier molecular flexibility index (Phi) is 22.7. The standard InChI is InChI=1S/C46H34O4S.C19H12Cl2OS.4CH4/c1-31-8-11-34(12-9-31)45(47)35-18-28-43(29-19-35)51-42-26-16-33(17-27-42)37-13-10-32(2)44(30-37)46(48)36-14-20-39(21-15-36)50-41-24-22-40(23-25-41)49-38-6-4-3-5-7-38;20-15-5-1-13(2-6-15)19(22)14-3-9-17(10-4-14)23-18-11-7-16(21)8-12-18;;;;/h3-30H,1-2H3;1-12H;4*1H4. The summed E-state index contributed by atoms with van der Waals surface area (Å²) in [5, 5.41) is 1.34. The number of aryl methyl sites for hydroxylation is 2. The number of para-hydroxylation sites is 1. The van der Waals surface area contributed by atoms with Gasteiger partial charge in [-0.3, -0.25) is 14.4 Å². The lowest BCUT2D eigenvalue weighted by atomic mass is 9.94. The Bertz CT molecular complexity index is 3510. The maximum atomic E-state index is 13.6. The van der Waals surface area contributed by atoms with Gasteiger partial charge in [-0.15, -0.1) is 0 Å². The molecule has 0 bridgehead atoms. The molecule has 0 heterocycles. The monoisotopic (exact) mass is 1100 g/mol. The second-order valence-electron chi connectivity index (χ2n) is 17.1. The molecule has 0 aliphatic rings. The lowest BCUT2D eigenvalue weighted by Gasteiger charge is -2.11. The molecular weight excluding hydrogens is 1040 g/mol. The second kappa shape index (κ2) is 29.0. The Morgan fingerprint density at radius 2 is 0.641 bits per heavy atom. The molecule has 0 N–H and O–H groups in total. The predicted molar refractivity (Wildman–Crippen MR) is 329 cm³/mol. The number of rotatable bonds is 15. The molecule has 0 saturated heterocycles. The average molecular weight is 1110 g/mol. The molecule has 0 aliphatic heterocycles. The highest BCUT2D eigenvalue weighted by molar-refractivity contribution is 7.99. The Morgan fingerprint density at radius 3 is 1.08 bits per heavy atom. The van der Waals surface area contributed by atoms with E-state index in [1.54, 1.807) is 59.9 Å². The molecule has 0 spiro atoms. The van der Waals surface area contributed by atoms with Crippen molar-refractivity contribution < 1.29 is 23.9 Å². The van der Waals surface area contributed by atoms with E-state index in [2.05, 4.69) is 24.3 Å². The first kappa shape index (κ1) is 60.9. The van der Waals surface area contributed by atoms with Gasteiger partial charge in [0.1, 0.15) is 23.0 Å². The van der Waals surface area contributed by atoms with Crippen LogP contribution in [-0.2, 0) is 0 Å². The van der Waals surface area contributed by atoms with Gasteiger partial charge in [-0.2, -0.15) is 0 Å². The molecule has 10 aromatic carbocycles. The van der Waals surface area contributed by atoms with Crippen LogP contribution >= 0.6 is 46.7 Å². The molecule has 10 aromatic rings. The van der Waals surface area contributed by atoms with E-state index >= 15 is 0 Å². The van der Waals surface area contributed by atoms with Crippen LogP contribution in [0.3, 0.4) is 0 Å². The summed E-state index contributed by atoms with van der Waals surface area (Å²) in [5.74, 6) is 2.77. The highest BCUT2D eigenvalue weighted by Crippen LogP contribution is 2.33. The highest BCUT2D eigenvalue weighted by Gasteiger charge is 2.15. The molecule has 78 heavy (non-hydrogen) atoms. The fourth-order valence-electron chi connectivity index (χ4n) is 7.69. The van der Waals surface area contributed by atoms with Crippen molar-refractivity contribution in [2.75, 3.05) is 0 Å². The zero-order chi connectivity index (χ0) is 51.4. The first-order valence-electron chi connectivity index (χ1n) is 23.6. The van der Waals surface area contributed by atoms with Crippen LogP contribution in [0.1, 0.15) is 88.6 Å². The molecular formula is C69H62Cl2O5S2. The summed E-state index contributed by atoms with van der Waals surface area (Å²) in [7, 11) is 0. The zero-order valence-corrected chi connectivity index (χ0v) is 43.4. The first-order chi connectivity index (χ1) is 36.0. The number of carbonyl (C=O) groups is 3. The number of benzene rings is 10. The van der Waals surface area contributed by atoms with Crippen LogP contribution in [0.25, 0.3) is 11.1 Å². The van der Waals surface area contributed by atoms with E-state index in [0.29, 0.717) is 49.9 Å². The molecule has 0 fully saturated rings. The molecule has 394 valence electrons. The van der Waals surface area contributed by atoms with Gasteiger partial charge in [0.15, 0.2) is 17.3 Å². The van der Waals surface area contributed by atoms with Crippen LogP contribution in [0.4, 0.5) is 0 Å². The Morgan fingerprint density at radius 1 is 0.333 bits per heavy atom. The van der Waals surface area contributed by atoms with Crippen molar-refractivity contribution in [2.24, 2.45) is 0 Å². The lowest BCUT2D eigenvalue weighted by Crippen LogP contribution is -2.04. The van der Waals surface area contributed by atoms with Crippen molar-refractivity contribution in [3.8, 4) is 34.1 Å². The summed E-state index contributed by atoms with van der Waals surface area (Å²) in [6.07, 6.45) is 0. The fourth-order valence-corrected chi connectivity index (χ4v) is 9.58. The number of hydrogen-bond acceptors (Lipinski definition) is 7. The summed E-state index contributed by atoms with van der Waals surface area (Å²) >= 11 is 15.0. The van der Waals surface area contributed by atoms with E-state index in [4.69, 9.17) is 32.7 Å². The molecule has 0 aromatic heterocycles. The van der Waals surface area contributed by atoms with E-state index in [-0.39, 0.29) is 47.1 Å². The van der Waals surface area contributed by atoms with Crippen molar-refractivity contribution in [1.82, 2.24) is 0 Å². The zero-order valence-electron chi connectivity index (χ0n) is 40.2. The van der Waals surface area contributed by atoms with E-state index in [0.717, 1.165) is 58.4 Å². The van der Waals surface area contributed by atoms with E-state index in [1.807, 2.05) is 196 Å². The topological polar surface area (TPSA) is 69.7 Å². The van der Waals surface area contributed by atoms with Crippen molar-refractivity contribution >= 4 is 64.1 Å². The van der Waals surface area contributed by atoms with Crippen molar-refractivity contribution in [3.63, 3.8) is 0 Å². The number of carbonyl (C=O) groups excluding carboxylic acids is 3. The molecule has 5 nitrogen and oxygen atoms in total. The van der Waals surface area contributed by atoms with Crippen molar-refractivity contribution in [1.29, 1.82) is 0 Å². The fraction of sp³-hybridized carbons (Fsp3) is 0.0870. The molecule has 0 saturated carbocycles. The van der Waals surface area contributed by atoms with Gasteiger partial charge in [0, 0.05) is 63.0 Å². The van der Waals surface area contributed by atoms with Crippen molar-refractivity contribution in [3.05, 3.63) is 297 Å². The molecule has 0 amide bonds. The van der Waals surface area contributed by atoms with Crippen LogP contribution in [-0.4, -0.2) is 17.3 Å². The van der Waals surface area contributed by atoms with Crippen LogP contribution < -0.4 is 9.47 Å². The van der Waals surface area contributed by atoms with Gasteiger partial charge < -0.3 is 9.47 Å². The molecule has 0 atom stereocenters. The third kappa shape index (κ3) is 16.3. The number of ether oxygens (including phenoxy) is 2. The Balaban J connectivity index is 0.000000351. The molecule has 0 aliphatic carbocycles. The minimum atomic E-state index is -0.0419. The van der Waals surface area contributed by atoms with Gasteiger partial charge in [0.25, 0.3) is 0 Å². The van der Waals surface area contributed by atoms with Crippen LogP contribution in [0, 0.1) is 13.8 Å². The van der Waals surface area contributed by atoms with Gasteiger partial charge >= 0.3 is 0 Å².